The maximum atomic E-state index is 13.2. The van der Waals surface area contributed by atoms with E-state index in [9.17, 15) is 18.0 Å². The van der Waals surface area contributed by atoms with E-state index in [0.29, 0.717) is 49.5 Å². The predicted octanol–water partition coefficient (Wildman–Crippen LogP) is 3.58. The van der Waals surface area contributed by atoms with Gasteiger partial charge in [0.1, 0.15) is 0 Å². The summed E-state index contributed by atoms with van der Waals surface area (Å²) in [4.78, 5) is 25.9. The normalized spacial score (nSPS) is 14.9. The fraction of sp³-hybridized carbons (Fsp3) is 0.440. The van der Waals surface area contributed by atoms with Crippen molar-refractivity contribution in [3.8, 4) is 0 Å². The van der Waals surface area contributed by atoms with E-state index in [2.05, 4.69) is 10.6 Å². The number of nitrogens with one attached hydrogen (secondary N) is 2. The summed E-state index contributed by atoms with van der Waals surface area (Å²) in [6, 6.07) is 11.4. The molecule has 1 saturated heterocycles. The molecule has 0 unspecified atom stereocenters. The second-order valence-electron chi connectivity index (χ2n) is 8.40. The zero-order valence-electron chi connectivity index (χ0n) is 19.8. The van der Waals surface area contributed by atoms with Crippen LogP contribution in [-0.4, -0.2) is 57.9 Å². The van der Waals surface area contributed by atoms with Gasteiger partial charge in [0.25, 0.3) is 11.8 Å². The standard InChI is InChI=1S/C25H33N3O5S/c1-19-12-13-20(34(31,32)28-15-7-3-4-8-16-28)18-22(19)25(30)27-23-11-6-5-10-21(23)24(29)26-14-9-17-33-2/h5-6,10-13,18H,3-4,7-9,14-17H2,1-2H3,(H,26,29)(H,27,30). The highest BCUT2D eigenvalue weighted by molar-refractivity contribution is 7.89. The van der Waals surface area contributed by atoms with Crippen molar-refractivity contribution in [2.75, 3.05) is 38.7 Å². The fourth-order valence-corrected chi connectivity index (χ4v) is 5.47. The highest BCUT2D eigenvalue weighted by Crippen LogP contribution is 2.24. The number of hydrogen-bond acceptors (Lipinski definition) is 5. The number of benzene rings is 2. The van der Waals surface area contributed by atoms with Crippen LogP contribution in [0.25, 0.3) is 0 Å². The number of hydrogen-bond donors (Lipinski definition) is 2. The Bertz CT molecular complexity index is 1110. The molecule has 34 heavy (non-hydrogen) atoms. The number of anilines is 1. The Morgan fingerprint density at radius 3 is 2.38 bits per heavy atom. The van der Waals surface area contributed by atoms with Crippen molar-refractivity contribution in [2.45, 2.75) is 43.9 Å². The molecular formula is C25H33N3O5S. The van der Waals surface area contributed by atoms with E-state index in [1.165, 1.54) is 10.4 Å². The van der Waals surface area contributed by atoms with Crippen molar-refractivity contribution in [3.05, 3.63) is 59.2 Å². The summed E-state index contributed by atoms with van der Waals surface area (Å²) < 4.78 is 32.9. The van der Waals surface area contributed by atoms with Crippen molar-refractivity contribution in [1.29, 1.82) is 0 Å². The first-order valence-corrected chi connectivity index (χ1v) is 13.1. The number of para-hydroxylation sites is 1. The Morgan fingerprint density at radius 1 is 0.971 bits per heavy atom. The molecule has 9 heteroatoms. The average Bonchev–Trinajstić information content (AvgIpc) is 3.12. The van der Waals surface area contributed by atoms with Gasteiger partial charge in [-0.05, 0) is 56.0 Å². The molecule has 2 N–H and O–H groups in total. The van der Waals surface area contributed by atoms with E-state index in [1.807, 2.05) is 0 Å². The first-order valence-electron chi connectivity index (χ1n) is 11.6. The van der Waals surface area contributed by atoms with Crippen LogP contribution in [0.3, 0.4) is 0 Å². The van der Waals surface area contributed by atoms with Gasteiger partial charge in [-0.3, -0.25) is 9.59 Å². The number of sulfonamides is 1. The predicted molar refractivity (Wildman–Crippen MR) is 132 cm³/mol. The van der Waals surface area contributed by atoms with Gasteiger partial charge in [-0.1, -0.05) is 31.0 Å². The number of amides is 2. The van der Waals surface area contributed by atoms with Crippen molar-refractivity contribution in [2.24, 2.45) is 0 Å². The number of carbonyl (C=O) groups is 2. The lowest BCUT2D eigenvalue weighted by Gasteiger charge is -2.20. The van der Waals surface area contributed by atoms with Crippen molar-refractivity contribution in [3.63, 3.8) is 0 Å². The van der Waals surface area contributed by atoms with Gasteiger partial charge in [-0.2, -0.15) is 4.31 Å². The molecule has 0 atom stereocenters. The summed E-state index contributed by atoms with van der Waals surface area (Å²) in [5.74, 6) is -0.772. The number of methoxy groups -OCH3 is 1. The second kappa shape index (κ2) is 12.1. The Labute approximate surface area is 201 Å². The third-order valence-corrected chi connectivity index (χ3v) is 7.78. The van der Waals surface area contributed by atoms with E-state index >= 15 is 0 Å². The summed E-state index contributed by atoms with van der Waals surface area (Å²) >= 11 is 0. The molecular weight excluding hydrogens is 454 g/mol. The summed E-state index contributed by atoms with van der Waals surface area (Å²) in [5, 5.41) is 5.60. The summed E-state index contributed by atoms with van der Waals surface area (Å²) in [6.45, 7) is 3.72. The number of ether oxygens (including phenoxy) is 1. The Balaban J connectivity index is 1.80. The highest BCUT2D eigenvalue weighted by atomic mass is 32.2. The van der Waals surface area contributed by atoms with Gasteiger partial charge < -0.3 is 15.4 Å². The van der Waals surface area contributed by atoms with Crippen LogP contribution in [0.5, 0.6) is 0 Å². The van der Waals surface area contributed by atoms with E-state index in [1.54, 1.807) is 50.4 Å². The zero-order chi connectivity index (χ0) is 24.6. The third kappa shape index (κ3) is 6.43. The molecule has 1 heterocycles. The molecule has 0 bridgehead atoms. The number of carbonyl (C=O) groups excluding carboxylic acids is 2. The van der Waals surface area contributed by atoms with Crippen molar-refractivity contribution >= 4 is 27.5 Å². The van der Waals surface area contributed by atoms with Gasteiger partial charge in [0, 0.05) is 38.9 Å². The summed E-state index contributed by atoms with van der Waals surface area (Å²) in [5.41, 5.74) is 1.59. The van der Waals surface area contributed by atoms with E-state index in [4.69, 9.17) is 4.74 Å². The van der Waals surface area contributed by atoms with Crippen molar-refractivity contribution < 1.29 is 22.7 Å². The quantitative estimate of drug-likeness (QED) is 0.526. The molecule has 0 radical (unpaired) electrons. The lowest BCUT2D eigenvalue weighted by Crippen LogP contribution is -2.32. The molecule has 2 amide bonds. The Morgan fingerprint density at radius 2 is 1.68 bits per heavy atom. The SMILES string of the molecule is COCCCNC(=O)c1ccccc1NC(=O)c1cc(S(=O)(=O)N2CCCCCC2)ccc1C. The minimum atomic E-state index is -3.69. The molecule has 0 aliphatic carbocycles. The maximum absolute atomic E-state index is 13.2. The zero-order valence-corrected chi connectivity index (χ0v) is 20.6. The Hall–Kier alpha value is -2.75. The van der Waals surface area contributed by atoms with Gasteiger partial charge >= 0.3 is 0 Å². The number of nitrogens with zero attached hydrogens (tertiary/aromatic N) is 1. The van der Waals surface area contributed by atoms with Gasteiger partial charge in [0.15, 0.2) is 0 Å². The number of rotatable bonds is 9. The molecule has 2 aromatic rings. The molecule has 184 valence electrons. The topological polar surface area (TPSA) is 105 Å². The first-order chi connectivity index (χ1) is 16.3. The monoisotopic (exact) mass is 487 g/mol. The van der Waals surface area contributed by atoms with E-state index < -0.39 is 15.9 Å². The van der Waals surface area contributed by atoms with Crippen LogP contribution in [0.2, 0.25) is 0 Å². The summed E-state index contributed by atoms with van der Waals surface area (Å²) in [7, 11) is -2.09. The molecule has 1 aliphatic rings. The van der Waals surface area contributed by atoms with Crippen molar-refractivity contribution in [1.82, 2.24) is 9.62 Å². The number of aryl methyl sites for hydroxylation is 1. The smallest absolute Gasteiger partial charge is 0.255 e. The third-order valence-electron chi connectivity index (χ3n) is 5.89. The van der Waals surface area contributed by atoms with Crippen LogP contribution in [0.4, 0.5) is 5.69 Å². The lowest BCUT2D eigenvalue weighted by atomic mass is 10.1. The van der Waals surface area contributed by atoms with Gasteiger partial charge in [-0.25, -0.2) is 8.42 Å². The average molecular weight is 488 g/mol. The van der Waals surface area contributed by atoms with Crippen LogP contribution >= 0.6 is 0 Å². The molecule has 0 saturated carbocycles. The first kappa shape index (κ1) is 25.9. The Kier molecular flexibility index (Phi) is 9.20. The second-order valence-corrected chi connectivity index (χ2v) is 10.3. The van der Waals surface area contributed by atoms with Gasteiger partial charge in [0.05, 0.1) is 16.1 Å². The van der Waals surface area contributed by atoms with Crippen LogP contribution in [0.1, 0.15) is 58.4 Å². The van der Waals surface area contributed by atoms with E-state index in [-0.39, 0.29) is 16.4 Å². The molecule has 3 rings (SSSR count). The molecule has 8 nitrogen and oxygen atoms in total. The molecule has 1 aliphatic heterocycles. The minimum Gasteiger partial charge on any atom is -0.385 e. The summed E-state index contributed by atoms with van der Waals surface area (Å²) in [6.07, 6.45) is 4.39. The fourth-order valence-electron chi connectivity index (χ4n) is 3.93. The maximum Gasteiger partial charge on any atom is 0.255 e. The molecule has 0 aromatic heterocycles. The van der Waals surface area contributed by atoms with Crippen LogP contribution in [0.15, 0.2) is 47.4 Å². The largest absolute Gasteiger partial charge is 0.385 e. The van der Waals surface area contributed by atoms with Crippen LogP contribution in [0, 0.1) is 6.92 Å². The lowest BCUT2D eigenvalue weighted by molar-refractivity contribution is 0.0949. The van der Waals surface area contributed by atoms with Gasteiger partial charge in [-0.15, -0.1) is 0 Å². The highest BCUT2D eigenvalue weighted by Gasteiger charge is 2.26. The van der Waals surface area contributed by atoms with Gasteiger partial charge in [0.2, 0.25) is 10.0 Å². The molecule has 2 aromatic carbocycles. The van der Waals surface area contributed by atoms with Crippen LogP contribution < -0.4 is 10.6 Å². The minimum absolute atomic E-state index is 0.106. The van der Waals surface area contributed by atoms with E-state index in [0.717, 1.165) is 25.7 Å². The van der Waals surface area contributed by atoms with Crippen LogP contribution in [-0.2, 0) is 14.8 Å². The molecule has 0 spiro atoms. The molecule has 1 fully saturated rings.